The Labute approximate surface area is 348 Å². The van der Waals surface area contributed by atoms with E-state index in [2.05, 4.69) is 116 Å². The van der Waals surface area contributed by atoms with Crippen LogP contribution in [-0.2, 0) is 11.2 Å². The van der Waals surface area contributed by atoms with E-state index in [1.54, 1.807) is 0 Å². The van der Waals surface area contributed by atoms with Crippen LogP contribution in [0.1, 0.15) is 117 Å². The van der Waals surface area contributed by atoms with Crippen molar-refractivity contribution in [2.45, 2.75) is 140 Å². The Morgan fingerprint density at radius 2 is 0.862 bits per heavy atom. The summed E-state index contributed by atoms with van der Waals surface area (Å²) in [4.78, 5) is 10.9. The molecule has 0 spiro atoms. The zero-order valence-corrected chi connectivity index (χ0v) is 38.3. The molecule has 8 rings (SSSR count). The van der Waals surface area contributed by atoms with Crippen molar-refractivity contribution in [3.05, 3.63) is 95.1 Å². The summed E-state index contributed by atoms with van der Waals surface area (Å²) in [6.45, 7) is 23.2. The smallest absolute Gasteiger partial charge is 0.177 e. The van der Waals surface area contributed by atoms with Crippen LogP contribution in [0.3, 0.4) is 0 Å². The fourth-order valence-electron chi connectivity index (χ4n) is 10.8. The maximum atomic E-state index is 13.3. The largest absolute Gasteiger partial charge is 0.369 e. The van der Waals surface area contributed by atoms with E-state index in [4.69, 9.17) is 9.97 Å². The summed E-state index contributed by atoms with van der Waals surface area (Å²) in [7, 11) is -4.31. The van der Waals surface area contributed by atoms with Gasteiger partial charge in [-0.3, -0.25) is 0 Å². The highest BCUT2D eigenvalue weighted by atomic mass is 28.3. The predicted octanol–water partition coefficient (Wildman–Crippen LogP) is 13.0. The molecule has 0 fully saturated rings. The first-order valence-corrected chi connectivity index (χ1v) is 26.7. The maximum Gasteiger partial charge on any atom is 0.177 e. The van der Waals surface area contributed by atoms with Gasteiger partial charge in [-0.15, -0.1) is 11.1 Å². The molecule has 2 heterocycles. The summed E-state index contributed by atoms with van der Waals surface area (Å²) in [5.41, 5.74) is 14.8. The summed E-state index contributed by atoms with van der Waals surface area (Å²) >= 11 is 0. The van der Waals surface area contributed by atoms with Gasteiger partial charge in [0.05, 0.1) is 22.4 Å². The normalized spacial score (nSPS) is 18.6. The number of hydrogen-bond acceptors (Lipinski definition) is 4. The number of benzene rings is 4. The summed E-state index contributed by atoms with van der Waals surface area (Å²) in [5.74, 6) is 7.30. The van der Waals surface area contributed by atoms with Crippen LogP contribution in [0, 0.1) is 22.9 Å². The lowest BCUT2D eigenvalue weighted by Crippen LogP contribution is -2.41. The second-order valence-corrected chi connectivity index (χ2v) is 28.9. The van der Waals surface area contributed by atoms with E-state index in [0.717, 1.165) is 115 Å². The molecule has 2 aromatic heterocycles. The number of pyridine rings is 2. The molecule has 6 aromatic rings. The number of fused-ring (bicyclic) bond motifs is 4. The van der Waals surface area contributed by atoms with Gasteiger partial charge in [0.25, 0.3) is 0 Å². The standard InChI is InChI=1S/C52H60N2O2Si2/c1-11-13-29-57(33(3)4,34(5)6)31-27-51(55)39-21-17-15-19-37(39)49-45-41(51)23-25-43-47(45)48-44(53-49)26-24-42-46(48)50(54-43)38-20-16-18-22-40(38)52(42,56)28-32-58(35(7)8,36(9)10)30-14-12-2/h15-26,33-36,55-56H,11-14,29-30H2,1-10H3. The van der Waals surface area contributed by atoms with E-state index >= 15 is 0 Å². The Kier molecular flexibility index (Phi) is 10.3. The first-order valence-electron chi connectivity index (χ1n) is 22.0. The van der Waals surface area contributed by atoms with E-state index < -0.39 is 27.3 Å². The molecule has 0 saturated heterocycles. The first kappa shape index (κ1) is 40.5. The number of nitrogens with zero attached hydrogens (tertiary/aromatic N) is 2. The zero-order valence-electron chi connectivity index (χ0n) is 36.3. The Bertz CT molecular complexity index is 2490. The summed E-state index contributed by atoms with van der Waals surface area (Å²) in [5, 5.41) is 30.3. The molecule has 4 nitrogen and oxygen atoms in total. The molecule has 6 heteroatoms. The summed E-state index contributed by atoms with van der Waals surface area (Å²) < 4.78 is 0. The number of hydrogen-bond donors (Lipinski definition) is 2. The van der Waals surface area contributed by atoms with Crippen molar-refractivity contribution in [1.82, 2.24) is 9.97 Å². The fraction of sp³-hybridized carbons (Fsp3) is 0.423. The van der Waals surface area contributed by atoms with E-state index in [0.29, 0.717) is 22.2 Å². The Morgan fingerprint density at radius 1 is 0.500 bits per heavy atom. The molecular formula is C52H60N2O2Si2. The average Bonchev–Trinajstić information content (AvgIpc) is 3.21. The van der Waals surface area contributed by atoms with Gasteiger partial charge >= 0.3 is 0 Å². The van der Waals surface area contributed by atoms with Crippen molar-refractivity contribution < 1.29 is 10.2 Å². The number of aromatic nitrogens is 2. The van der Waals surface area contributed by atoms with E-state index in [9.17, 15) is 10.2 Å². The number of unbranched alkanes of at least 4 members (excludes halogenated alkanes) is 2. The van der Waals surface area contributed by atoms with Crippen LogP contribution in [0.4, 0.5) is 0 Å². The zero-order chi connectivity index (χ0) is 41.4. The van der Waals surface area contributed by atoms with E-state index in [1.807, 2.05) is 48.5 Å². The molecule has 0 aliphatic heterocycles. The summed E-state index contributed by atoms with van der Waals surface area (Å²) in [6, 6.07) is 26.8. The van der Waals surface area contributed by atoms with Crippen LogP contribution < -0.4 is 0 Å². The second-order valence-electron chi connectivity index (χ2n) is 18.6. The molecule has 2 unspecified atom stereocenters. The lowest BCUT2D eigenvalue weighted by molar-refractivity contribution is 0.146. The van der Waals surface area contributed by atoms with Gasteiger partial charge in [-0.05, 0) is 46.4 Å². The van der Waals surface area contributed by atoms with Gasteiger partial charge in [0.2, 0.25) is 0 Å². The van der Waals surface area contributed by atoms with Crippen molar-refractivity contribution in [3.8, 4) is 45.4 Å². The Morgan fingerprint density at radius 3 is 1.21 bits per heavy atom. The topological polar surface area (TPSA) is 66.2 Å². The molecule has 2 aliphatic rings. The van der Waals surface area contributed by atoms with Gasteiger partial charge < -0.3 is 10.2 Å². The van der Waals surface area contributed by atoms with Crippen LogP contribution in [-0.4, -0.2) is 36.3 Å². The summed E-state index contributed by atoms with van der Waals surface area (Å²) in [6.07, 6.45) is 4.55. The van der Waals surface area contributed by atoms with Gasteiger partial charge in [0, 0.05) is 54.9 Å². The third kappa shape index (κ3) is 5.77. The quantitative estimate of drug-likeness (QED) is 0.0823. The van der Waals surface area contributed by atoms with Gasteiger partial charge in [0.1, 0.15) is 16.1 Å². The van der Waals surface area contributed by atoms with Gasteiger partial charge in [-0.2, -0.15) is 0 Å². The molecule has 2 aliphatic carbocycles. The lowest BCUT2D eigenvalue weighted by Gasteiger charge is -2.37. The predicted molar refractivity (Wildman–Crippen MR) is 249 cm³/mol. The SMILES string of the molecule is CCCC[Si](C#CC1(O)c2ccccc2-c2nc3ccc4c5c(nc6ccc1c2c6c35)-c1ccccc1C4(O)C#C[Si](CCCC)(C(C)C)C(C)C)(C(C)C)C(C)C. The molecule has 298 valence electrons. The highest BCUT2D eigenvalue weighted by molar-refractivity contribution is 6.90. The molecule has 2 N–H and O–H groups in total. The average molecular weight is 801 g/mol. The minimum atomic E-state index is -2.15. The number of rotatable bonds is 10. The van der Waals surface area contributed by atoms with Crippen LogP contribution in [0.25, 0.3) is 55.1 Å². The van der Waals surface area contributed by atoms with Crippen molar-refractivity contribution >= 4 is 48.7 Å². The molecule has 58 heavy (non-hydrogen) atoms. The van der Waals surface area contributed by atoms with E-state index in [-0.39, 0.29) is 0 Å². The van der Waals surface area contributed by atoms with Gasteiger partial charge in [0.15, 0.2) is 11.2 Å². The Hall–Kier alpha value is -4.31. The third-order valence-corrected chi connectivity index (χ3v) is 26.2. The van der Waals surface area contributed by atoms with Gasteiger partial charge in [-0.1, -0.05) is 167 Å². The van der Waals surface area contributed by atoms with E-state index in [1.165, 1.54) is 0 Å². The molecular weight excluding hydrogens is 741 g/mol. The van der Waals surface area contributed by atoms with Gasteiger partial charge in [-0.25, -0.2) is 9.97 Å². The molecule has 0 saturated carbocycles. The molecule has 0 bridgehead atoms. The van der Waals surface area contributed by atoms with Crippen molar-refractivity contribution in [1.29, 1.82) is 0 Å². The van der Waals surface area contributed by atoms with Crippen LogP contribution in [0.5, 0.6) is 0 Å². The first-order chi connectivity index (χ1) is 27.7. The van der Waals surface area contributed by atoms with Crippen molar-refractivity contribution in [2.24, 2.45) is 0 Å². The van der Waals surface area contributed by atoms with Crippen molar-refractivity contribution in [3.63, 3.8) is 0 Å². The maximum absolute atomic E-state index is 13.3. The highest BCUT2D eigenvalue weighted by Crippen LogP contribution is 2.54. The molecule has 2 atom stereocenters. The minimum absolute atomic E-state index is 0.449. The fourth-order valence-corrected chi connectivity index (χ4v) is 19.9. The van der Waals surface area contributed by atoms with Crippen LogP contribution >= 0.6 is 0 Å². The highest BCUT2D eigenvalue weighted by Gasteiger charge is 2.46. The molecule has 0 amide bonds. The van der Waals surface area contributed by atoms with Crippen LogP contribution in [0.2, 0.25) is 34.3 Å². The number of aliphatic hydroxyl groups is 2. The third-order valence-electron chi connectivity index (χ3n) is 14.4. The lowest BCUT2D eigenvalue weighted by atomic mass is 9.72. The second kappa shape index (κ2) is 14.8. The molecule has 4 aromatic carbocycles. The van der Waals surface area contributed by atoms with Crippen LogP contribution in [0.15, 0.2) is 72.8 Å². The minimum Gasteiger partial charge on any atom is -0.369 e. The van der Waals surface area contributed by atoms with Crippen molar-refractivity contribution in [2.75, 3.05) is 0 Å². The Balaban J connectivity index is 1.46. The molecule has 0 radical (unpaired) electrons. The monoisotopic (exact) mass is 800 g/mol.